The first-order valence-corrected chi connectivity index (χ1v) is 7.46. The van der Waals surface area contributed by atoms with E-state index in [0.717, 1.165) is 19.1 Å². The molecule has 0 aromatic heterocycles. The predicted molar refractivity (Wildman–Crippen MR) is 74.3 cm³/mol. The fraction of sp³-hybridized carbons (Fsp3) is 1.00. The number of hydrogen-bond acceptors (Lipinski definition) is 2. The lowest BCUT2D eigenvalue weighted by molar-refractivity contribution is 0.175. The van der Waals surface area contributed by atoms with Crippen molar-refractivity contribution < 1.29 is 4.74 Å². The summed E-state index contributed by atoms with van der Waals surface area (Å²) in [5, 5.41) is 3.60. The molecule has 0 atom stereocenters. The van der Waals surface area contributed by atoms with E-state index in [1.54, 1.807) is 7.11 Å². The Morgan fingerprint density at radius 1 is 1.18 bits per heavy atom. The molecule has 0 aromatic rings. The fourth-order valence-electron chi connectivity index (χ4n) is 3.30. The third-order valence-corrected chi connectivity index (χ3v) is 4.52. The molecule has 0 bridgehead atoms. The van der Waals surface area contributed by atoms with Crippen molar-refractivity contribution in [3.63, 3.8) is 0 Å². The van der Waals surface area contributed by atoms with Gasteiger partial charge in [-0.15, -0.1) is 0 Å². The molecule has 0 amide bonds. The Labute approximate surface area is 108 Å². The van der Waals surface area contributed by atoms with Gasteiger partial charge < -0.3 is 10.1 Å². The van der Waals surface area contributed by atoms with Crippen LogP contribution in [0.2, 0.25) is 0 Å². The molecule has 1 fully saturated rings. The molecule has 0 aromatic carbocycles. The maximum absolute atomic E-state index is 5.10. The fourth-order valence-corrected chi connectivity index (χ4v) is 3.30. The first-order chi connectivity index (χ1) is 8.26. The molecule has 1 aliphatic carbocycles. The second-order valence-corrected chi connectivity index (χ2v) is 5.76. The average Bonchev–Trinajstić information content (AvgIpc) is 2.81. The first-order valence-electron chi connectivity index (χ1n) is 7.46. The molecule has 17 heavy (non-hydrogen) atoms. The molecule has 1 N–H and O–H groups in total. The van der Waals surface area contributed by atoms with Gasteiger partial charge in [0.2, 0.25) is 0 Å². The zero-order chi connectivity index (χ0) is 12.6. The van der Waals surface area contributed by atoms with Crippen molar-refractivity contribution in [2.45, 2.75) is 58.8 Å². The highest BCUT2D eigenvalue weighted by Crippen LogP contribution is 2.43. The van der Waals surface area contributed by atoms with Crippen LogP contribution in [0.3, 0.4) is 0 Å². The summed E-state index contributed by atoms with van der Waals surface area (Å²) in [7, 11) is 1.78. The quantitative estimate of drug-likeness (QED) is 0.623. The molecule has 1 saturated carbocycles. The third-order valence-electron chi connectivity index (χ3n) is 4.52. The SMILES string of the molecule is CCC(CC)CC1(CNCCOC)CCCC1. The van der Waals surface area contributed by atoms with E-state index in [9.17, 15) is 0 Å². The van der Waals surface area contributed by atoms with Crippen LogP contribution >= 0.6 is 0 Å². The summed E-state index contributed by atoms with van der Waals surface area (Å²) in [6.07, 6.45) is 9.86. The van der Waals surface area contributed by atoms with Gasteiger partial charge in [-0.3, -0.25) is 0 Å². The summed E-state index contributed by atoms with van der Waals surface area (Å²) >= 11 is 0. The zero-order valence-electron chi connectivity index (χ0n) is 12.1. The molecule has 102 valence electrons. The van der Waals surface area contributed by atoms with Crippen molar-refractivity contribution >= 4 is 0 Å². The topological polar surface area (TPSA) is 21.3 Å². The highest BCUT2D eigenvalue weighted by Gasteiger charge is 2.34. The minimum Gasteiger partial charge on any atom is -0.383 e. The van der Waals surface area contributed by atoms with Crippen LogP contribution in [0.1, 0.15) is 58.8 Å². The first kappa shape index (κ1) is 15.0. The molecule has 2 heteroatoms. The van der Waals surface area contributed by atoms with E-state index in [1.807, 2.05) is 0 Å². The van der Waals surface area contributed by atoms with Gasteiger partial charge in [-0.1, -0.05) is 39.5 Å². The van der Waals surface area contributed by atoms with Crippen LogP contribution < -0.4 is 5.32 Å². The van der Waals surface area contributed by atoms with Crippen molar-refractivity contribution in [1.29, 1.82) is 0 Å². The van der Waals surface area contributed by atoms with E-state index in [0.29, 0.717) is 5.41 Å². The molecular weight excluding hydrogens is 210 g/mol. The molecule has 0 unspecified atom stereocenters. The minimum absolute atomic E-state index is 0.602. The minimum atomic E-state index is 0.602. The molecule has 0 spiro atoms. The summed E-state index contributed by atoms with van der Waals surface area (Å²) in [6.45, 7) is 7.72. The van der Waals surface area contributed by atoms with Crippen molar-refractivity contribution in [2.24, 2.45) is 11.3 Å². The van der Waals surface area contributed by atoms with E-state index in [4.69, 9.17) is 4.74 Å². The smallest absolute Gasteiger partial charge is 0.0587 e. The van der Waals surface area contributed by atoms with Gasteiger partial charge in [0.1, 0.15) is 0 Å². The lowest BCUT2D eigenvalue weighted by Crippen LogP contribution is -2.35. The molecule has 1 rings (SSSR count). The summed E-state index contributed by atoms with van der Waals surface area (Å²) in [5.41, 5.74) is 0.602. The van der Waals surface area contributed by atoms with Crippen LogP contribution in [-0.4, -0.2) is 26.8 Å². The predicted octanol–water partition coefficient (Wildman–Crippen LogP) is 3.61. The lowest BCUT2D eigenvalue weighted by atomic mass is 9.76. The number of nitrogens with one attached hydrogen (secondary N) is 1. The number of hydrogen-bond donors (Lipinski definition) is 1. The molecule has 0 aliphatic heterocycles. The van der Waals surface area contributed by atoms with Crippen LogP contribution in [0.4, 0.5) is 0 Å². The van der Waals surface area contributed by atoms with Gasteiger partial charge in [-0.25, -0.2) is 0 Å². The zero-order valence-corrected chi connectivity index (χ0v) is 12.1. The third kappa shape index (κ3) is 4.97. The molecule has 2 nitrogen and oxygen atoms in total. The van der Waals surface area contributed by atoms with Crippen molar-refractivity contribution in [3.05, 3.63) is 0 Å². The Balaban J connectivity index is 2.38. The van der Waals surface area contributed by atoms with Gasteiger partial charge >= 0.3 is 0 Å². The Morgan fingerprint density at radius 2 is 1.82 bits per heavy atom. The highest BCUT2D eigenvalue weighted by atomic mass is 16.5. The maximum Gasteiger partial charge on any atom is 0.0587 e. The van der Waals surface area contributed by atoms with Crippen molar-refractivity contribution in [3.8, 4) is 0 Å². The molecule has 0 radical (unpaired) electrons. The van der Waals surface area contributed by atoms with Crippen molar-refractivity contribution in [1.82, 2.24) is 5.32 Å². The van der Waals surface area contributed by atoms with E-state index < -0.39 is 0 Å². The van der Waals surface area contributed by atoms with E-state index >= 15 is 0 Å². The second-order valence-electron chi connectivity index (χ2n) is 5.76. The molecular formula is C15H31NO. The molecule has 1 aliphatic rings. The monoisotopic (exact) mass is 241 g/mol. The van der Waals surface area contributed by atoms with Gasteiger partial charge in [-0.05, 0) is 30.6 Å². The normalized spacial score (nSPS) is 19.1. The maximum atomic E-state index is 5.10. The summed E-state index contributed by atoms with van der Waals surface area (Å²) in [4.78, 5) is 0. The van der Waals surface area contributed by atoms with Crippen LogP contribution in [0.25, 0.3) is 0 Å². The van der Waals surface area contributed by atoms with Crippen LogP contribution in [0.5, 0.6) is 0 Å². The van der Waals surface area contributed by atoms with Crippen LogP contribution in [0, 0.1) is 11.3 Å². The van der Waals surface area contributed by atoms with Crippen LogP contribution in [-0.2, 0) is 4.74 Å². The van der Waals surface area contributed by atoms with Gasteiger partial charge in [-0.2, -0.15) is 0 Å². The van der Waals surface area contributed by atoms with E-state index in [2.05, 4.69) is 19.2 Å². The van der Waals surface area contributed by atoms with E-state index in [1.165, 1.54) is 51.5 Å². The van der Waals surface area contributed by atoms with E-state index in [-0.39, 0.29) is 0 Å². The number of ether oxygens (including phenoxy) is 1. The summed E-state index contributed by atoms with van der Waals surface area (Å²) in [6, 6.07) is 0. The molecule has 0 heterocycles. The standard InChI is InChI=1S/C15H31NO/c1-4-14(5-2)12-15(8-6-7-9-15)13-16-10-11-17-3/h14,16H,4-13H2,1-3H3. The van der Waals surface area contributed by atoms with Gasteiger partial charge in [0.05, 0.1) is 6.61 Å². The summed E-state index contributed by atoms with van der Waals surface area (Å²) < 4.78 is 5.10. The van der Waals surface area contributed by atoms with Gasteiger partial charge in [0.25, 0.3) is 0 Å². The van der Waals surface area contributed by atoms with Crippen LogP contribution in [0.15, 0.2) is 0 Å². The van der Waals surface area contributed by atoms with Gasteiger partial charge in [0.15, 0.2) is 0 Å². The van der Waals surface area contributed by atoms with Crippen molar-refractivity contribution in [2.75, 3.05) is 26.8 Å². The Kier molecular flexibility index (Phi) is 7.14. The number of rotatable bonds is 9. The average molecular weight is 241 g/mol. The number of methoxy groups -OCH3 is 1. The molecule has 0 saturated heterocycles. The largest absolute Gasteiger partial charge is 0.383 e. The summed E-state index contributed by atoms with van der Waals surface area (Å²) in [5.74, 6) is 0.928. The second kappa shape index (κ2) is 8.10. The Hall–Kier alpha value is -0.0800. The Bertz CT molecular complexity index is 183. The van der Waals surface area contributed by atoms with Gasteiger partial charge in [0, 0.05) is 20.2 Å². The highest BCUT2D eigenvalue weighted by molar-refractivity contribution is 4.88. The Morgan fingerprint density at radius 3 is 2.35 bits per heavy atom. The lowest BCUT2D eigenvalue weighted by Gasteiger charge is -2.33.